The van der Waals surface area contributed by atoms with E-state index in [4.69, 9.17) is 9.15 Å². The molecule has 0 bridgehead atoms. The molecule has 0 unspecified atom stereocenters. The lowest BCUT2D eigenvalue weighted by atomic mass is 10.2. The fourth-order valence-corrected chi connectivity index (χ4v) is 2.11. The van der Waals surface area contributed by atoms with Crippen LogP contribution in [0.3, 0.4) is 0 Å². The molecular weight excluding hydrogens is 294 g/mol. The largest absolute Gasteiger partial charge is 0.496 e. The molecule has 1 aromatic heterocycles. The average Bonchev–Trinajstić information content (AvgIpc) is 3.11. The molecule has 0 aliphatic rings. The molecule has 0 fully saturated rings. The summed E-state index contributed by atoms with van der Waals surface area (Å²) < 4.78 is 10.7. The van der Waals surface area contributed by atoms with Crippen molar-refractivity contribution < 1.29 is 13.9 Å². The Morgan fingerprint density at radius 1 is 1.09 bits per heavy atom. The molecule has 23 heavy (non-hydrogen) atoms. The van der Waals surface area contributed by atoms with E-state index < -0.39 is 5.91 Å². The number of hydrogen-bond donors (Lipinski definition) is 1. The van der Waals surface area contributed by atoms with E-state index in [0.29, 0.717) is 18.2 Å². The summed E-state index contributed by atoms with van der Waals surface area (Å²) >= 11 is 0. The molecule has 3 aromatic rings. The molecule has 0 radical (unpaired) electrons. The first-order valence-electron chi connectivity index (χ1n) is 7.07. The lowest BCUT2D eigenvalue weighted by Crippen LogP contribution is -2.23. The standard InChI is InChI=1S/C17H15N3O3/c1-22-14-10-6-5-9-13(14)11-18-15(21)17-20-19-16(23-17)12-7-3-2-4-8-12/h2-10H,11H2,1H3,(H,18,21). The van der Waals surface area contributed by atoms with Gasteiger partial charge in [-0.25, -0.2) is 0 Å². The molecule has 1 amide bonds. The number of rotatable bonds is 5. The Balaban J connectivity index is 1.68. The quantitative estimate of drug-likeness (QED) is 0.784. The monoisotopic (exact) mass is 309 g/mol. The van der Waals surface area contributed by atoms with Crippen LogP contribution in [0.4, 0.5) is 0 Å². The maximum absolute atomic E-state index is 12.1. The van der Waals surface area contributed by atoms with Gasteiger partial charge in [0, 0.05) is 17.7 Å². The molecule has 6 nitrogen and oxygen atoms in total. The molecule has 0 saturated heterocycles. The highest BCUT2D eigenvalue weighted by atomic mass is 16.5. The zero-order valence-corrected chi connectivity index (χ0v) is 12.5. The van der Waals surface area contributed by atoms with Crippen LogP contribution in [0.5, 0.6) is 5.75 Å². The smallest absolute Gasteiger partial charge is 0.309 e. The van der Waals surface area contributed by atoms with Gasteiger partial charge < -0.3 is 14.5 Å². The van der Waals surface area contributed by atoms with Gasteiger partial charge in [-0.3, -0.25) is 4.79 Å². The van der Waals surface area contributed by atoms with Gasteiger partial charge in [0.15, 0.2) is 0 Å². The number of hydrogen-bond acceptors (Lipinski definition) is 5. The molecule has 0 aliphatic carbocycles. The third-order valence-corrected chi connectivity index (χ3v) is 3.27. The highest BCUT2D eigenvalue weighted by Crippen LogP contribution is 2.18. The van der Waals surface area contributed by atoms with Crippen molar-refractivity contribution in [1.82, 2.24) is 15.5 Å². The van der Waals surface area contributed by atoms with Crippen LogP contribution in [0.25, 0.3) is 11.5 Å². The predicted octanol–water partition coefficient (Wildman–Crippen LogP) is 2.68. The van der Waals surface area contributed by atoms with E-state index in [-0.39, 0.29) is 5.89 Å². The lowest BCUT2D eigenvalue weighted by molar-refractivity contribution is 0.0916. The van der Waals surface area contributed by atoms with Gasteiger partial charge in [-0.15, -0.1) is 10.2 Å². The average molecular weight is 309 g/mol. The predicted molar refractivity (Wildman–Crippen MR) is 83.9 cm³/mol. The van der Waals surface area contributed by atoms with E-state index >= 15 is 0 Å². The second-order valence-corrected chi connectivity index (χ2v) is 4.77. The van der Waals surface area contributed by atoms with E-state index in [1.54, 1.807) is 7.11 Å². The molecule has 1 N–H and O–H groups in total. The molecule has 3 rings (SSSR count). The topological polar surface area (TPSA) is 77.2 Å². The molecule has 0 saturated carbocycles. The maximum Gasteiger partial charge on any atom is 0.309 e. The summed E-state index contributed by atoms with van der Waals surface area (Å²) in [5.41, 5.74) is 1.63. The van der Waals surface area contributed by atoms with E-state index in [1.807, 2.05) is 54.6 Å². The number of carbonyl (C=O) groups is 1. The van der Waals surface area contributed by atoms with Crippen molar-refractivity contribution in [2.45, 2.75) is 6.54 Å². The third-order valence-electron chi connectivity index (χ3n) is 3.27. The Labute approximate surface area is 133 Å². The van der Waals surface area contributed by atoms with Crippen molar-refractivity contribution in [1.29, 1.82) is 0 Å². The fraction of sp³-hybridized carbons (Fsp3) is 0.118. The Kier molecular flexibility index (Phi) is 4.33. The van der Waals surface area contributed by atoms with Crippen LogP contribution in [0.2, 0.25) is 0 Å². The third kappa shape index (κ3) is 3.37. The van der Waals surface area contributed by atoms with Crippen LogP contribution in [-0.4, -0.2) is 23.2 Å². The normalized spacial score (nSPS) is 10.3. The van der Waals surface area contributed by atoms with Crippen LogP contribution in [0, 0.1) is 0 Å². The Morgan fingerprint density at radius 3 is 2.61 bits per heavy atom. The minimum Gasteiger partial charge on any atom is -0.496 e. The lowest BCUT2D eigenvalue weighted by Gasteiger charge is -2.08. The number of aromatic nitrogens is 2. The number of ether oxygens (including phenoxy) is 1. The van der Waals surface area contributed by atoms with Crippen molar-refractivity contribution >= 4 is 5.91 Å². The van der Waals surface area contributed by atoms with Crippen LogP contribution in [0.1, 0.15) is 16.2 Å². The second-order valence-electron chi connectivity index (χ2n) is 4.77. The maximum atomic E-state index is 12.1. The number of nitrogens with zero attached hydrogens (tertiary/aromatic N) is 2. The van der Waals surface area contributed by atoms with E-state index in [9.17, 15) is 4.79 Å². The molecule has 2 aromatic carbocycles. The zero-order valence-electron chi connectivity index (χ0n) is 12.5. The molecule has 0 atom stereocenters. The number of amides is 1. The Hall–Kier alpha value is -3.15. The summed E-state index contributed by atoms with van der Waals surface area (Å²) in [5.74, 6) is 0.528. The number of nitrogens with one attached hydrogen (secondary N) is 1. The molecule has 6 heteroatoms. The first kappa shape index (κ1) is 14.8. The van der Waals surface area contributed by atoms with Gasteiger partial charge in [0.05, 0.1) is 7.11 Å². The Bertz CT molecular complexity index is 800. The van der Waals surface area contributed by atoms with Crippen LogP contribution >= 0.6 is 0 Å². The van der Waals surface area contributed by atoms with Gasteiger partial charge in [-0.05, 0) is 18.2 Å². The first-order chi connectivity index (χ1) is 11.3. The van der Waals surface area contributed by atoms with Crippen molar-refractivity contribution in [3.05, 3.63) is 66.1 Å². The van der Waals surface area contributed by atoms with Crippen molar-refractivity contribution in [2.75, 3.05) is 7.11 Å². The molecule has 1 heterocycles. The molecule has 0 aliphatic heterocycles. The second kappa shape index (κ2) is 6.74. The van der Waals surface area contributed by atoms with Gasteiger partial charge in [-0.2, -0.15) is 0 Å². The van der Waals surface area contributed by atoms with Crippen molar-refractivity contribution in [3.8, 4) is 17.2 Å². The van der Waals surface area contributed by atoms with Gasteiger partial charge >= 0.3 is 11.8 Å². The summed E-state index contributed by atoms with van der Waals surface area (Å²) in [6.07, 6.45) is 0. The van der Waals surface area contributed by atoms with Crippen molar-refractivity contribution in [3.63, 3.8) is 0 Å². The van der Waals surface area contributed by atoms with Gasteiger partial charge in [0.1, 0.15) is 5.75 Å². The summed E-state index contributed by atoms with van der Waals surface area (Å²) in [6.45, 7) is 0.311. The van der Waals surface area contributed by atoms with Crippen LogP contribution < -0.4 is 10.1 Å². The molecular formula is C17H15N3O3. The fourth-order valence-electron chi connectivity index (χ4n) is 2.11. The molecule has 0 spiro atoms. The van der Waals surface area contributed by atoms with Crippen LogP contribution in [0.15, 0.2) is 59.0 Å². The zero-order chi connectivity index (χ0) is 16.1. The molecule has 116 valence electrons. The summed E-state index contributed by atoms with van der Waals surface area (Å²) in [5, 5.41) is 10.4. The first-order valence-corrected chi connectivity index (χ1v) is 7.07. The minimum absolute atomic E-state index is 0.0706. The van der Waals surface area contributed by atoms with Crippen LogP contribution in [-0.2, 0) is 6.54 Å². The van der Waals surface area contributed by atoms with E-state index in [1.165, 1.54) is 0 Å². The van der Waals surface area contributed by atoms with Gasteiger partial charge in [-0.1, -0.05) is 36.4 Å². The highest BCUT2D eigenvalue weighted by Gasteiger charge is 2.16. The summed E-state index contributed by atoms with van der Waals surface area (Å²) in [7, 11) is 1.59. The van der Waals surface area contributed by atoms with E-state index in [0.717, 1.165) is 11.1 Å². The number of carbonyl (C=O) groups excluding carboxylic acids is 1. The number of benzene rings is 2. The number of para-hydroxylation sites is 1. The highest BCUT2D eigenvalue weighted by molar-refractivity contribution is 5.89. The van der Waals surface area contributed by atoms with Gasteiger partial charge in [0.2, 0.25) is 5.89 Å². The van der Waals surface area contributed by atoms with Gasteiger partial charge in [0.25, 0.3) is 0 Å². The SMILES string of the molecule is COc1ccccc1CNC(=O)c1nnc(-c2ccccc2)o1. The number of methoxy groups -OCH3 is 1. The minimum atomic E-state index is -0.425. The Morgan fingerprint density at radius 2 is 1.83 bits per heavy atom. The van der Waals surface area contributed by atoms with E-state index in [2.05, 4.69) is 15.5 Å². The summed E-state index contributed by atoms with van der Waals surface area (Å²) in [6, 6.07) is 16.7. The summed E-state index contributed by atoms with van der Waals surface area (Å²) in [4.78, 5) is 12.1. The van der Waals surface area contributed by atoms with Crippen molar-refractivity contribution in [2.24, 2.45) is 0 Å².